The Hall–Kier alpha value is -1.28. The van der Waals surface area contributed by atoms with Crippen molar-refractivity contribution in [2.45, 2.75) is 25.8 Å². The first-order valence-electron chi connectivity index (χ1n) is 7.04. The summed E-state index contributed by atoms with van der Waals surface area (Å²) in [4.78, 5) is 15.4. The van der Waals surface area contributed by atoms with Gasteiger partial charge in [-0.1, -0.05) is 6.42 Å². The van der Waals surface area contributed by atoms with Crippen molar-refractivity contribution in [1.82, 2.24) is 14.9 Å². The van der Waals surface area contributed by atoms with Crippen LogP contribution in [0.3, 0.4) is 0 Å². The summed E-state index contributed by atoms with van der Waals surface area (Å²) in [5.41, 5.74) is 1.84. The van der Waals surface area contributed by atoms with Crippen LogP contribution in [0.1, 0.15) is 35.3 Å². The number of hydrogen-bond donors (Lipinski definition) is 2. The van der Waals surface area contributed by atoms with Gasteiger partial charge in [0.15, 0.2) is 5.69 Å². The molecular formula is C15H19LiN3O2. The molecule has 2 aromatic heterocycles. The average molecular weight is 280 g/mol. The van der Waals surface area contributed by atoms with Gasteiger partial charge in [0.2, 0.25) is 0 Å². The van der Waals surface area contributed by atoms with Gasteiger partial charge in [-0.05, 0) is 43.0 Å². The zero-order valence-corrected chi connectivity index (χ0v) is 12.6. The number of aromatic nitrogens is 2. The summed E-state index contributed by atoms with van der Waals surface area (Å²) in [6.07, 6.45) is 5.88. The number of fused-ring (bicyclic) bond motifs is 1. The third-order valence-corrected chi connectivity index (χ3v) is 4.12. The first-order valence-corrected chi connectivity index (χ1v) is 7.04. The van der Waals surface area contributed by atoms with Crippen molar-refractivity contribution in [1.29, 1.82) is 0 Å². The molecule has 21 heavy (non-hydrogen) atoms. The number of hydrogen-bond acceptors (Lipinski definition) is 3. The van der Waals surface area contributed by atoms with Crippen LogP contribution >= 0.6 is 0 Å². The molecule has 0 aliphatic heterocycles. The summed E-state index contributed by atoms with van der Waals surface area (Å²) in [7, 11) is 1.88. The van der Waals surface area contributed by atoms with E-state index in [9.17, 15) is 4.79 Å². The van der Waals surface area contributed by atoms with Crippen molar-refractivity contribution in [2.24, 2.45) is 13.0 Å². The van der Waals surface area contributed by atoms with Crippen LogP contribution in [0.25, 0.3) is 11.0 Å². The smallest absolute Gasteiger partial charge is 0.354 e. The van der Waals surface area contributed by atoms with Gasteiger partial charge in [0.05, 0.1) is 0 Å². The summed E-state index contributed by atoms with van der Waals surface area (Å²) in [6, 6.07) is 3.67. The van der Waals surface area contributed by atoms with Gasteiger partial charge in [-0.25, -0.2) is 9.78 Å². The molecule has 5 nitrogen and oxygen atoms in total. The van der Waals surface area contributed by atoms with E-state index in [1.165, 1.54) is 19.3 Å². The van der Waals surface area contributed by atoms with E-state index >= 15 is 0 Å². The summed E-state index contributed by atoms with van der Waals surface area (Å²) < 4.78 is 1.86. The standard InChI is InChI=1S/C15H19N3O2.Li/c1-18-6-5-12-11(9-16-8-10-3-2-4-10)7-13(15(19)20)17-14(12)18;/h5-7,10,16H,2-4,8-9H2,1H3,(H,19,20);. The molecule has 2 N–H and O–H groups in total. The Bertz CT molecular complexity index is 650. The number of aromatic carboxylic acids is 1. The second-order valence-corrected chi connectivity index (χ2v) is 5.56. The second kappa shape index (κ2) is 6.65. The van der Waals surface area contributed by atoms with Crippen molar-refractivity contribution in [3.05, 3.63) is 29.6 Å². The molecule has 1 aliphatic carbocycles. The van der Waals surface area contributed by atoms with Crippen molar-refractivity contribution in [2.75, 3.05) is 6.54 Å². The molecule has 0 aromatic carbocycles. The van der Waals surface area contributed by atoms with Crippen LogP contribution < -0.4 is 5.32 Å². The van der Waals surface area contributed by atoms with E-state index in [1.807, 2.05) is 23.9 Å². The maximum absolute atomic E-state index is 11.2. The maximum atomic E-state index is 11.2. The average Bonchev–Trinajstić information content (AvgIpc) is 2.74. The number of rotatable bonds is 5. The van der Waals surface area contributed by atoms with E-state index in [0.29, 0.717) is 6.54 Å². The molecule has 2 aromatic rings. The van der Waals surface area contributed by atoms with E-state index in [0.717, 1.165) is 29.1 Å². The van der Waals surface area contributed by atoms with Gasteiger partial charge in [-0.2, -0.15) is 0 Å². The van der Waals surface area contributed by atoms with Crippen molar-refractivity contribution in [3.8, 4) is 0 Å². The van der Waals surface area contributed by atoms with E-state index < -0.39 is 5.97 Å². The van der Waals surface area contributed by atoms with Crippen LogP contribution in [0, 0.1) is 5.92 Å². The fraction of sp³-hybridized carbons (Fsp3) is 0.467. The SMILES string of the molecule is Cn1ccc2c(CNCC3CCC3)cc(C(=O)O)nc21.[Li]. The summed E-state index contributed by atoms with van der Waals surface area (Å²) in [5, 5.41) is 13.6. The third kappa shape index (κ3) is 3.32. The van der Waals surface area contributed by atoms with Gasteiger partial charge < -0.3 is 15.0 Å². The molecule has 3 rings (SSSR count). The molecule has 1 radical (unpaired) electrons. The van der Waals surface area contributed by atoms with Gasteiger partial charge in [-0.15, -0.1) is 0 Å². The third-order valence-electron chi connectivity index (χ3n) is 4.12. The van der Waals surface area contributed by atoms with E-state index in [2.05, 4.69) is 10.3 Å². The molecule has 0 unspecified atom stereocenters. The van der Waals surface area contributed by atoms with Crippen LogP contribution in [0.4, 0.5) is 0 Å². The molecule has 1 aliphatic rings. The molecule has 0 saturated heterocycles. The van der Waals surface area contributed by atoms with Gasteiger partial charge in [0.25, 0.3) is 0 Å². The minimum absolute atomic E-state index is 0. The number of carboxylic acids is 1. The Morgan fingerprint density at radius 1 is 1.52 bits per heavy atom. The number of carbonyl (C=O) groups is 1. The minimum atomic E-state index is -0.978. The number of nitrogens with zero attached hydrogens (tertiary/aromatic N) is 2. The van der Waals surface area contributed by atoms with Crippen molar-refractivity contribution < 1.29 is 9.90 Å². The first kappa shape index (κ1) is 16.1. The molecule has 107 valence electrons. The van der Waals surface area contributed by atoms with Crippen LogP contribution in [-0.4, -0.2) is 46.0 Å². The molecule has 0 amide bonds. The second-order valence-electron chi connectivity index (χ2n) is 5.56. The van der Waals surface area contributed by atoms with Crippen LogP contribution in [0.15, 0.2) is 18.3 Å². The largest absolute Gasteiger partial charge is 0.477 e. The molecular weight excluding hydrogens is 261 g/mol. The van der Waals surface area contributed by atoms with Gasteiger partial charge in [0.1, 0.15) is 5.65 Å². The normalized spacial score (nSPS) is 14.7. The van der Waals surface area contributed by atoms with Crippen molar-refractivity contribution >= 4 is 35.9 Å². The molecule has 0 bridgehead atoms. The fourth-order valence-electron chi connectivity index (χ4n) is 2.66. The maximum Gasteiger partial charge on any atom is 0.354 e. The Balaban J connectivity index is 0.00000161. The Kier molecular flexibility index (Phi) is 5.10. The van der Waals surface area contributed by atoms with Gasteiger partial charge in [-0.3, -0.25) is 0 Å². The topological polar surface area (TPSA) is 67.2 Å². The van der Waals surface area contributed by atoms with Gasteiger partial charge in [0, 0.05) is 44.0 Å². The van der Waals surface area contributed by atoms with Crippen LogP contribution in [0.5, 0.6) is 0 Å². The van der Waals surface area contributed by atoms with Crippen LogP contribution in [-0.2, 0) is 13.6 Å². The Morgan fingerprint density at radius 3 is 2.90 bits per heavy atom. The molecule has 1 fully saturated rings. The zero-order chi connectivity index (χ0) is 14.1. The Morgan fingerprint density at radius 2 is 2.29 bits per heavy atom. The monoisotopic (exact) mass is 280 g/mol. The molecule has 0 spiro atoms. The molecule has 0 atom stereocenters. The minimum Gasteiger partial charge on any atom is -0.477 e. The quantitative estimate of drug-likeness (QED) is 0.819. The van der Waals surface area contributed by atoms with E-state index in [1.54, 1.807) is 6.07 Å². The molecule has 2 heterocycles. The summed E-state index contributed by atoms with van der Waals surface area (Å²) in [6.45, 7) is 1.71. The van der Waals surface area contributed by atoms with Crippen LogP contribution in [0.2, 0.25) is 0 Å². The molecule has 1 saturated carbocycles. The van der Waals surface area contributed by atoms with Crippen molar-refractivity contribution in [3.63, 3.8) is 0 Å². The summed E-state index contributed by atoms with van der Waals surface area (Å²) in [5.74, 6) is -0.185. The summed E-state index contributed by atoms with van der Waals surface area (Å²) >= 11 is 0. The number of nitrogens with one attached hydrogen (secondary N) is 1. The number of aryl methyl sites for hydroxylation is 1. The predicted octanol–water partition coefficient (Wildman–Crippen LogP) is 1.78. The Labute approximate surface area is 135 Å². The van der Waals surface area contributed by atoms with E-state index in [-0.39, 0.29) is 24.6 Å². The number of carboxylic acid groups (broad SMARTS) is 1. The fourth-order valence-corrected chi connectivity index (χ4v) is 2.66. The van der Waals surface area contributed by atoms with Gasteiger partial charge >= 0.3 is 5.97 Å². The number of pyridine rings is 1. The van der Waals surface area contributed by atoms with E-state index in [4.69, 9.17) is 5.11 Å². The molecule has 6 heteroatoms. The first-order chi connectivity index (χ1) is 9.65. The zero-order valence-electron chi connectivity index (χ0n) is 12.6. The predicted molar refractivity (Wildman–Crippen MR) is 82.5 cm³/mol.